The molecule has 1 N–H and O–H groups in total. The first-order chi connectivity index (χ1) is 12.3. The summed E-state index contributed by atoms with van der Waals surface area (Å²) in [4.78, 5) is 10.9. The molecule has 0 saturated heterocycles. The Labute approximate surface area is 151 Å². The van der Waals surface area contributed by atoms with Gasteiger partial charge in [-0.3, -0.25) is 4.79 Å². The number of hydrogen-bond acceptors (Lipinski definition) is 3. The average Bonchev–Trinajstić information content (AvgIpc) is 2.59. The van der Waals surface area contributed by atoms with Gasteiger partial charge in [-0.1, -0.05) is 12.1 Å². The van der Waals surface area contributed by atoms with E-state index in [4.69, 9.17) is 14.6 Å². The maximum atomic E-state index is 12.7. The minimum absolute atomic E-state index is 0.115. The predicted molar refractivity (Wildman–Crippen MR) is 90.1 cm³/mol. The molecular weight excluding hydrogens is 349 g/mol. The highest BCUT2D eigenvalue weighted by Crippen LogP contribution is 2.39. The van der Waals surface area contributed by atoms with Crippen molar-refractivity contribution in [3.05, 3.63) is 29.8 Å². The zero-order valence-electron chi connectivity index (χ0n) is 14.8. The van der Waals surface area contributed by atoms with Crippen LogP contribution in [0.15, 0.2) is 24.3 Å². The smallest absolute Gasteiger partial charge is 0.391 e. The van der Waals surface area contributed by atoms with Crippen LogP contribution in [0.5, 0.6) is 5.75 Å². The van der Waals surface area contributed by atoms with E-state index in [0.29, 0.717) is 31.8 Å². The third-order valence-corrected chi connectivity index (χ3v) is 4.78. The van der Waals surface area contributed by atoms with Crippen molar-refractivity contribution < 1.29 is 32.5 Å². The second-order valence-electron chi connectivity index (χ2n) is 6.68. The fourth-order valence-electron chi connectivity index (χ4n) is 3.28. The first kappa shape index (κ1) is 20.6. The summed E-state index contributed by atoms with van der Waals surface area (Å²) >= 11 is 0. The van der Waals surface area contributed by atoms with Gasteiger partial charge in [0.15, 0.2) is 0 Å². The summed E-state index contributed by atoms with van der Waals surface area (Å²) in [5, 5.41) is 8.95. The SMILES string of the molecule is CCO[C@@H](CC(=O)O)c1ccc(OC[C@H]2CC[C@@H](C(F)(F)F)CC2)cc1. The highest BCUT2D eigenvalue weighted by atomic mass is 19.4. The summed E-state index contributed by atoms with van der Waals surface area (Å²) in [6.07, 6.45) is -3.33. The second kappa shape index (κ2) is 9.26. The molecule has 0 heterocycles. The van der Waals surface area contributed by atoms with Gasteiger partial charge in [-0.15, -0.1) is 0 Å². The molecule has 2 rings (SSSR count). The van der Waals surface area contributed by atoms with Gasteiger partial charge >= 0.3 is 12.1 Å². The molecule has 0 unspecified atom stereocenters. The van der Waals surface area contributed by atoms with E-state index in [0.717, 1.165) is 5.56 Å². The minimum atomic E-state index is -4.09. The molecule has 1 aliphatic rings. The molecule has 0 aromatic heterocycles. The fraction of sp³-hybridized carbons (Fsp3) is 0.632. The Balaban J connectivity index is 1.83. The van der Waals surface area contributed by atoms with Crippen molar-refractivity contribution in [2.45, 2.75) is 51.3 Å². The number of carboxylic acid groups (broad SMARTS) is 1. The van der Waals surface area contributed by atoms with E-state index in [1.165, 1.54) is 0 Å². The van der Waals surface area contributed by atoms with Crippen LogP contribution in [-0.2, 0) is 9.53 Å². The van der Waals surface area contributed by atoms with Gasteiger partial charge in [-0.05, 0) is 56.2 Å². The number of carbonyl (C=O) groups is 1. The van der Waals surface area contributed by atoms with Crippen molar-refractivity contribution in [1.82, 2.24) is 0 Å². The lowest BCUT2D eigenvalue weighted by atomic mass is 9.82. The molecule has 1 aromatic rings. The number of aliphatic carboxylic acids is 1. The lowest BCUT2D eigenvalue weighted by Crippen LogP contribution is -2.29. The Kier molecular flexibility index (Phi) is 7.32. The zero-order chi connectivity index (χ0) is 19.2. The van der Waals surface area contributed by atoms with E-state index in [1.54, 1.807) is 31.2 Å². The van der Waals surface area contributed by atoms with Crippen LogP contribution >= 0.6 is 0 Å². The molecule has 26 heavy (non-hydrogen) atoms. The van der Waals surface area contributed by atoms with Gasteiger partial charge < -0.3 is 14.6 Å². The quantitative estimate of drug-likeness (QED) is 0.697. The van der Waals surface area contributed by atoms with Gasteiger partial charge in [0.2, 0.25) is 0 Å². The first-order valence-electron chi connectivity index (χ1n) is 8.92. The highest BCUT2D eigenvalue weighted by molar-refractivity contribution is 5.67. The molecule has 7 heteroatoms. The molecule has 1 atom stereocenters. The fourth-order valence-corrected chi connectivity index (χ4v) is 3.28. The standard InChI is InChI=1S/C19H25F3O4/c1-2-25-17(11-18(23)24)14-5-9-16(10-6-14)26-12-13-3-7-15(8-4-13)19(20,21)22/h5-6,9-10,13,15,17H,2-4,7-8,11-12H2,1H3,(H,23,24)/t13-,15+,17-/m0/s1. The number of carboxylic acids is 1. The number of halogens is 3. The van der Waals surface area contributed by atoms with Gasteiger partial charge in [-0.25, -0.2) is 0 Å². The molecule has 146 valence electrons. The molecule has 0 spiro atoms. The Morgan fingerprint density at radius 1 is 1.19 bits per heavy atom. The van der Waals surface area contributed by atoms with E-state index in [2.05, 4.69) is 0 Å². The van der Waals surface area contributed by atoms with Crippen molar-refractivity contribution in [3.63, 3.8) is 0 Å². The number of rotatable bonds is 8. The monoisotopic (exact) mass is 374 g/mol. The van der Waals surface area contributed by atoms with Crippen LogP contribution in [0.25, 0.3) is 0 Å². The highest BCUT2D eigenvalue weighted by Gasteiger charge is 2.41. The molecule has 1 aliphatic carbocycles. The Bertz CT molecular complexity index is 563. The molecule has 1 fully saturated rings. The van der Waals surface area contributed by atoms with Gasteiger partial charge in [-0.2, -0.15) is 13.2 Å². The number of alkyl halides is 3. The molecule has 4 nitrogen and oxygen atoms in total. The zero-order valence-corrected chi connectivity index (χ0v) is 14.8. The topological polar surface area (TPSA) is 55.8 Å². The van der Waals surface area contributed by atoms with Crippen molar-refractivity contribution in [3.8, 4) is 5.75 Å². The normalized spacial score (nSPS) is 22.0. The van der Waals surface area contributed by atoms with Gasteiger partial charge in [0.05, 0.1) is 25.0 Å². The van der Waals surface area contributed by atoms with E-state index < -0.39 is 24.2 Å². The lowest BCUT2D eigenvalue weighted by Gasteiger charge is -2.29. The summed E-state index contributed by atoms with van der Waals surface area (Å²) in [5.41, 5.74) is 0.757. The van der Waals surface area contributed by atoms with E-state index in [1.807, 2.05) is 0 Å². The third kappa shape index (κ3) is 6.20. The summed E-state index contributed by atoms with van der Waals surface area (Å²) in [5.74, 6) is -1.35. The molecule has 0 bridgehead atoms. The van der Waals surface area contributed by atoms with E-state index >= 15 is 0 Å². The van der Waals surface area contributed by atoms with Gasteiger partial charge in [0, 0.05) is 6.61 Å². The lowest BCUT2D eigenvalue weighted by molar-refractivity contribution is -0.184. The van der Waals surface area contributed by atoms with Crippen molar-refractivity contribution in [2.24, 2.45) is 11.8 Å². The Morgan fingerprint density at radius 2 is 1.81 bits per heavy atom. The van der Waals surface area contributed by atoms with Crippen LogP contribution in [0.1, 0.15) is 50.7 Å². The van der Waals surface area contributed by atoms with Crippen molar-refractivity contribution >= 4 is 5.97 Å². The summed E-state index contributed by atoms with van der Waals surface area (Å²) in [7, 11) is 0. The molecular formula is C19H25F3O4. The summed E-state index contributed by atoms with van der Waals surface area (Å²) in [6.45, 7) is 2.62. The van der Waals surface area contributed by atoms with E-state index in [-0.39, 0.29) is 25.2 Å². The van der Waals surface area contributed by atoms with Crippen LogP contribution in [0.4, 0.5) is 13.2 Å². The molecule has 1 saturated carbocycles. The van der Waals surface area contributed by atoms with Crippen molar-refractivity contribution in [1.29, 1.82) is 0 Å². The summed E-state index contributed by atoms with van der Waals surface area (Å²) < 4.78 is 49.2. The molecule has 0 aliphatic heterocycles. The Morgan fingerprint density at radius 3 is 2.31 bits per heavy atom. The minimum Gasteiger partial charge on any atom is -0.493 e. The largest absolute Gasteiger partial charge is 0.493 e. The Hall–Kier alpha value is -1.76. The third-order valence-electron chi connectivity index (χ3n) is 4.78. The first-order valence-corrected chi connectivity index (χ1v) is 8.92. The molecule has 1 aromatic carbocycles. The molecule has 0 radical (unpaired) electrons. The number of benzene rings is 1. The maximum Gasteiger partial charge on any atom is 0.391 e. The van der Waals surface area contributed by atoms with Crippen molar-refractivity contribution in [2.75, 3.05) is 13.2 Å². The van der Waals surface area contributed by atoms with Crippen LogP contribution < -0.4 is 4.74 Å². The predicted octanol–water partition coefficient (Wildman–Crippen LogP) is 4.99. The second-order valence-corrected chi connectivity index (χ2v) is 6.68. The van der Waals surface area contributed by atoms with Crippen LogP contribution in [0.2, 0.25) is 0 Å². The molecule has 0 amide bonds. The van der Waals surface area contributed by atoms with Gasteiger partial charge in [0.1, 0.15) is 5.75 Å². The van der Waals surface area contributed by atoms with Crippen LogP contribution in [-0.4, -0.2) is 30.5 Å². The van der Waals surface area contributed by atoms with Crippen LogP contribution in [0, 0.1) is 11.8 Å². The van der Waals surface area contributed by atoms with Crippen LogP contribution in [0.3, 0.4) is 0 Å². The van der Waals surface area contributed by atoms with E-state index in [9.17, 15) is 18.0 Å². The number of ether oxygens (including phenoxy) is 2. The maximum absolute atomic E-state index is 12.7. The summed E-state index contributed by atoms with van der Waals surface area (Å²) in [6, 6.07) is 7.01. The van der Waals surface area contributed by atoms with Gasteiger partial charge in [0.25, 0.3) is 0 Å². The number of hydrogen-bond donors (Lipinski definition) is 1. The average molecular weight is 374 g/mol.